The van der Waals surface area contributed by atoms with Crippen LogP contribution in [0.2, 0.25) is 0 Å². The van der Waals surface area contributed by atoms with Crippen molar-refractivity contribution in [1.82, 2.24) is 4.90 Å². The van der Waals surface area contributed by atoms with Gasteiger partial charge in [0.15, 0.2) is 5.82 Å². The molecule has 7 nitrogen and oxygen atoms in total. The summed E-state index contributed by atoms with van der Waals surface area (Å²) >= 11 is 0. The minimum absolute atomic E-state index is 0.0650. The number of carboxylic acids is 1. The number of carboxylic acid groups (broad SMARTS) is 1. The maximum atomic E-state index is 13.6. The van der Waals surface area contributed by atoms with Gasteiger partial charge in [-0.05, 0) is 20.2 Å². The molecule has 0 aliphatic heterocycles. The van der Waals surface area contributed by atoms with E-state index >= 15 is 0 Å². The van der Waals surface area contributed by atoms with Gasteiger partial charge in [0, 0.05) is 13.1 Å². The van der Waals surface area contributed by atoms with Gasteiger partial charge in [-0.25, -0.2) is 9.18 Å². The number of halogens is 1. The Balaban J connectivity index is 3.04. The number of likely N-dealkylation sites (N-methyl/N-ethyl adjacent to an activating group) is 1. The lowest BCUT2D eigenvalue weighted by molar-refractivity contribution is -0.385. The Morgan fingerprint density at radius 3 is 2.63 bits per heavy atom. The van der Waals surface area contributed by atoms with Gasteiger partial charge in [0.2, 0.25) is 0 Å². The van der Waals surface area contributed by atoms with Crippen LogP contribution < -0.4 is 5.32 Å². The van der Waals surface area contributed by atoms with E-state index < -0.39 is 28.0 Å². The molecule has 0 amide bonds. The van der Waals surface area contributed by atoms with Crippen molar-refractivity contribution in [3.8, 4) is 0 Å². The molecule has 0 aromatic heterocycles. The number of anilines is 1. The van der Waals surface area contributed by atoms with E-state index in [-0.39, 0.29) is 5.69 Å². The molecule has 8 heteroatoms. The van der Waals surface area contributed by atoms with Crippen molar-refractivity contribution < 1.29 is 19.2 Å². The van der Waals surface area contributed by atoms with Crippen LogP contribution in [0.3, 0.4) is 0 Å². The number of nitro groups is 1. The summed E-state index contributed by atoms with van der Waals surface area (Å²) in [5.41, 5.74) is -1.37. The molecule has 0 bridgehead atoms. The lowest BCUT2D eigenvalue weighted by atomic mass is 10.1. The van der Waals surface area contributed by atoms with Gasteiger partial charge in [-0.2, -0.15) is 0 Å². The van der Waals surface area contributed by atoms with Crippen molar-refractivity contribution in [1.29, 1.82) is 0 Å². The third-order valence-corrected chi connectivity index (χ3v) is 2.39. The maximum absolute atomic E-state index is 13.6. The van der Waals surface area contributed by atoms with Crippen molar-refractivity contribution in [2.75, 3.05) is 32.5 Å². The molecule has 0 fully saturated rings. The molecule has 19 heavy (non-hydrogen) atoms. The Bertz CT molecular complexity index is 505. The van der Waals surface area contributed by atoms with E-state index in [9.17, 15) is 19.3 Å². The van der Waals surface area contributed by atoms with Crippen LogP contribution in [0.4, 0.5) is 15.8 Å². The summed E-state index contributed by atoms with van der Waals surface area (Å²) in [7, 11) is 3.66. The van der Waals surface area contributed by atoms with E-state index in [1.54, 1.807) is 0 Å². The molecule has 104 valence electrons. The van der Waals surface area contributed by atoms with Gasteiger partial charge in [-0.1, -0.05) is 0 Å². The third kappa shape index (κ3) is 3.88. The molecular weight excluding hydrogens is 257 g/mol. The summed E-state index contributed by atoms with van der Waals surface area (Å²) in [6.07, 6.45) is 0. The highest BCUT2D eigenvalue weighted by molar-refractivity contribution is 5.93. The number of aromatic carboxylic acids is 1. The summed E-state index contributed by atoms with van der Waals surface area (Å²) in [5.74, 6) is -2.32. The zero-order valence-corrected chi connectivity index (χ0v) is 10.5. The quantitative estimate of drug-likeness (QED) is 0.600. The topological polar surface area (TPSA) is 95.7 Å². The summed E-state index contributed by atoms with van der Waals surface area (Å²) in [5, 5.41) is 22.2. The average molecular weight is 271 g/mol. The SMILES string of the molecule is CN(C)CCNc1cc(C(=O)O)c([N+](=O)[O-])cc1F. The normalized spacial score (nSPS) is 10.5. The third-order valence-electron chi connectivity index (χ3n) is 2.39. The van der Waals surface area contributed by atoms with Crippen LogP contribution in [0.5, 0.6) is 0 Å². The second-order valence-electron chi connectivity index (χ2n) is 4.14. The Kier molecular flexibility index (Phi) is 4.76. The number of nitrogens with one attached hydrogen (secondary N) is 1. The number of nitro benzene ring substituents is 1. The van der Waals surface area contributed by atoms with E-state index in [2.05, 4.69) is 5.32 Å². The molecule has 1 aromatic carbocycles. The molecule has 2 N–H and O–H groups in total. The number of hydrogen-bond acceptors (Lipinski definition) is 5. The number of rotatable bonds is 6. The second-order valence-corrected chi connectivity index (χ2v) is 4.14. The van der Waals surface area contributed by atoms with Gasteiger partial charge in [0.25, 0.3) is 5.69 Å². The molecule has 0 aliphatic carbocycles. The number of nitrogens with zero attached hydrogens (tertiary/aromatic N) is 2. The van der Waals surface area contributed by atoms with Crippen molar-refractivity contribution in [3.63, 3.8) is 0 Å². The molecule has 0 saturated carbocycles. The average Bonchev–Trinajstić information content (AvgIpc) is 2.29. The van der Waals surface area contributed by atoms with Gasteiger partial charge in [-0.3, -0.25) is 10.1 Å². The van der Waals surface area contributed by atoms with E-state index in [0.29, 0.717) is 19.2 Å². The Morgan fingerprint density at radius 2 is 2.16 bits per heavy atom. The highest BCUT2D eigenvalue weighted by Crippen LogP contribution is 2.26. The molecule has 0 radical (unpaired) electrons. The molecule has 0 aliphatic rings. The molecule has 1 rings (SSSR count). The largest absolute Gasteiger partial charge is 0.477 e. The molecule has 0 atom stereocenters. The zero-order chi connectivity index (χ0) is 14.6. The second kappa shape index (κ2) is 6.10. The zero-order valence-electron chi connectivity index (χ0n) is 10.5. The number of benzene rings is 1. The van der Waals surface area contributed by atoms with Gasteiger partial charge in [-0.15, -0.1) is 0 Å². The van der Waals surface area contributed by atoms with Crippen LogP contribution in [0.25, 0.3) is 0 Å². The first kappa shape index (κ1) is 14.8. The number of carbonyl (C=O) groups is 1. The highest BCUT2D eigenvalue weighted by Gasteiger charge is 2.23. The van der Waals surface area contributed by atoms with Crippen LogP contribution in [-0.4, -0.2) is 48.1 Å². The van der Waals surface area contributed by atoms with E-state index in [1.165, 1.54) is 0 Å². The van der Waals surface area contributed by atoms with Crippen molar-refractivity contribution in [2.45, 2.75) is 0 Å². The Morgan fingerprint density at radius 1 is 1.53 bits per heavy atom. The van der Waals surface area contributed by atoms with Gasteiger partial charge in [0.1, 0.15) is 5.56 Å². The van der Waals surface area contributed by atoms with Crippen LogP contribution in [0.1, 0.15) is 10.4 Å². The molecule has 0 unspecified atom stereocenters. The number of hydrogen-bond donors (Lipinski definition) is 2. The lowest BCUT2D eigenvalue weighted by Crippen LogP contribution is -2.21. The summed E-state index contributed by atoms with van der Waals surface area (Å²) < 4.78 is 13.6. The molecule has 0 saturated heterocycles. The van der Waals surface area contributed by atoms with Gasteiger partial charge >= 0.3 is 5.97 Å². The van der Waals surface area contributed by atoms with Crippen LogP contribution >= 0.6 is 0 Å². The van der Waals surface area contributed by atoms with Crippen molar-refractivity contribution in [2.24, 2.45) is 0 Å². The van der Waals surface area contributed by atoms with E-state index in [0.717, 1.165) is 6.07 Å². The standard InChI is InChI=1S/C11H14FN3O4/c1-14(2)4-3-13-9-5-7(11(16)17)10(15(18)19)6-8(9)12/h5-6,13H,3-4H2,1-2H3,(H,16,17). The highest BCUT2D eigenvalue weighted by atomic mass is 19.1. The smallest absolute Gasteiger partial charge is 0.342 e. The monoisotopic (exact) mass is 271 g/mol. The fourth-order valence-corrected chi connectivity index (χ4v) is 1.43. The fraction of sp³-hybridized carbons (Fsp3) is 0.364. The predicted molar refractivity (Wildman–Crippen MR) is 67.1 cm³/mol. The molecule has 0 heterocycles. The minimum Gasteiger partial charge on any atom is -0.477 e. The fourth-order valence-electron chi connectivity index (χ4n) is 1.43. The summed E-state index contributed by atoms with van der Waals surface area (Å²) in [6.45, 7) is 1.000. The predicted octanol–water partition coefficient (Wildman–Crippen LogP) is 1.41. The van der Waals surface area contributed by atoms with Crippen molar-refractivity contribution >= 4 is 17.3 Å². The molecular formula is C11H14FN3O4. The van der Waals surface area contributed by atoms with Crippen LogP contribution in [0.15, 0.2) is 12.1 Å². The first-order valence-electron chi connectivity index (χ1n) is 5.42. The Hall–Kier alpha value is -2.22. The van der Waals surface area contributed by atoms with E-state index in [4.69, 9.17) is 5.11 Å². The van der Waals surface area contributed by atoms with Gasteiger partial charge < -0.3 is 15.3 Å². The van der Waals surface area contributed by atoms with Crippen LogP contribution in [0, 0.1) is 15.9 Å². The molecule has 1 aromatic rings. The summed E-state index contributed by atoms with van der Waals surface area (Å²) in [6, 6.07) is 1.55. The van der Waals surface area contributed by atoms with Crippen molar-refractivity contribution in [3.05, 3.63) is 33.6 Å². The Labute approximate surface area is 108 Å². The minimum atomic E-state index is -1.47. The first-order valence-corrected chi connectivity index (χ1v) is 5.42. The van der Waals surface area contributed by atoms with E-state index in [1.807, 2.05) is 19.0 Å². The molecule has 0 spiro atoms. The van der Waals surface area contributed by atoms with Crippen LogP contribution in [-0.2, 0) is 0 Å². The maximum Gasteiger partial charge on any atom is 0.342 e. The lowest BCUT2D eigenvalue weighted by Gasteiger charge is -2.12. The van der Waals surface area contributed by atoms with Gasteiger partial charge in [0.05, 0.1) is 16.7 Å². The first-order chi connectivity index (χ1) is 8.82. The summed E-state index contributed by atoms with van der Waals surface area (Å²) in [4.78, 5) is 22.5.